The fourth-order valence-corrected chi connectivity index (χ4v) is 5.09. The second-order valence-corrected chi connectivity index (χ2v) is 9.92. The minimum Gasteiger partial charge on any atom is -0.379 e. The second-order valence-electron chi connectivity index (χ2n) is 9.48. The lowest BCUT2D eigenvalue weighted by molar-refractivity contribution is -0.121. The summed E-state index contributed by atoms with van der Waals surface area (Å²) in [5.74, 6) is -1.17. The molecule has 8 nitrogen and oxygen atoms in total. The van der Waals surface area contributed by atoms with Crippen LogP contribution in [0.15, 0.2) is 36.5 Å². The van der Waals surface area contributed by atoms with Crippen molar-refractivity contribution in [2.45, 2.75) is 37.1 Å². The van der Waals surface area contributed by atoms with Crippen molar-refractivity contribution in [2.24, 2.45) is 0 Å². The summed E-state index contributed by atoms with van der Waals surface area (Å²) in [5.41, 5.74) is 2.33. The minimum atomic E-state index is -0.744. The maximum atomic E-state index is 13.9. The standard InChI is InChI=1S/C25H29ClFN5O3/c26-18-14-20(27)22(28-15-18)30-24(34)29-21-2-1-9-32(23(21)33)19-5-3-17(4-6-19)25(7-8-25)16-31-10-12-35-13-11-31/h3-6,14-15,21H,1-2,7-13,16H2,(H2,28,29,30,34)/t21-/m1/s1. The molecule has 3 heterocycles. The number of ether oxygens (including phenoxy) is 1. The predicted molar refractivity (Wildman–Crippen MR) is 131 cm³/mol. The smallest absolute Gasteiger partial charge is 0.321 e. The lowest BCUT2D eigenvalue weighted by Gasteiger charge is -2.33. The molecule has 3 fully saturated rings. The van der Waals surface area contributed by atoms with Crippen LogP contribution in [0, 0.1) is 5.82 Å². The number of rotatable bonds is 6. The topological polar surface area (TPSA) is 86.8 Å². The average molecular weight is 502 g/mol. The number of hydrogen-bond donors (Lipinski definition) is 2. The van der Waals surface area contributed by atoms with Crippen molar-refractivity contribution in [1.82, 2.24) is 15.2 Å². The maximum absolute atomic E-state index is 13.9. The van der Waals surface area contributed by atoms with Gasteiger partial charge in [0.25, 0.3) is 0 Å². The summed E-state index contributed by atoms with van der Waals surface area (Å²) in [6.07, 6.45) is 4.85. The molecule has 2 saturated heterocycles. The molecule has 1 aliphatic carbocycles. The highest BCUT2D eigenvalue weighted by atomic mass is 35.5. The Balaban J connectivity index is 1.21. The Morgan fingerprint density at radius 1 is 1.20 bits per heavy atom. The van der Waals surface area contributed by atoms with Crippen LogP contribution in [0.5, 0.6) is 0 Å². The number of benzene rings is 1. The molecule has 3 aliphatic rings. The lowest BCUT2D eigenvalue weighted by Crippen LogP contribution is -2.53. The van der Waals surface area contributed by atoms with Crippen molar-refractivity contribution < 1.29 is 18.7 Å². The van der Waals surface area contributed by atoms with E-state index < -0.39 is 17.9 Å². The predicted octanol–water partition coefficient (Wildman–Crippen LogP) is 3.56. The van der Waals surface area contributed by atoms with Crippen LogP contribution in [0.3, 0.4) is 0 Å². The highest BCUT2D eigenvalue weighted by Gasteiger charge is 2.45. The van der Waals surface area contributed by atoms with Crippen molar-refractivity contribution in [3.05, 3.63) is 52.9 Å². The normalized spacial score (nSPS) is 22.1. The number of morpholine rings is 1. The SMILES string of the molecule is O=C(Nc1ncc(Cl)cc1F)N[C@@H]1CCCN(c2ccc(C3(CN4CCOCC4)CC3)cc2)C1=O. The van der Waals surface area contributed by atoms with E-state index in [-0.39, 0.29) is 22.2 Å². The van der Waals surface area contributed by atoms with E-state index in [1.807, 2.05) is 12.1 Å². The van der Waals surface area contributed by atoms with Gasteiger partial charge in [-0.2, -0.15) is 0 Å². The molecule has 1 atom stereocenters. The fourth-order valence-electron chi connectivity index (χ4n) is 4.95. The Kier molecular flexibility index (Phi) is 6.91. The molecule has 0 bridgehead atoms. The monoisotopic (exact) mass is 501 g/mol. The van der Waals surface area contributed by atoms with E-state index in [4.69, 9.17) is 16.3 Å². The van der Waals surface area contributed by atoms with Gasteiger partial charge in [-0.15, -0.1) is 0 Å². The molecule has 1 aromatic heterocycles. The van der Waals surface area contributed by atoms with Crippen LogP contribution in [-0.2, 0) is 14.9 Å². The molecule has 186 valence electrons. The first-order chi connectivity index (χ1) is 16.9. The van der Waals surface area contributed by atoms with E-state index in [1.54, 1.807) is 4.90 Å². The molecule has 35 heavy (non-hydrogen) atoms. The van der Waals surface area contributed by atoms with E-state index in [0.717, 1.165) is 51.0 Å². The first-order valence-corrected chi connectivity index (χ1v) is 12.4. The van der Waals surface area contributed by atoms with E-state index in [2.05, 4.69) is 32.7 Å². The van der Waals surface area contributed by atoms with Crippen LogP contribution in [0.4, 0.5) is 20.7 Å². The van der Waals surface area contributed by atoms with Gasteiger partial charge in [-0.3, -0.25) is 15.0 Å². The van der Waals surface area contributed by atoms with Gasteiger partial charge in [0.05, 0.1) is 18.2 Å². The molecule has 0 unspecified atom stereocenters. The largest absolute Gasteiger partial charge is 0.379 e. The van der Waals surface area contributed by atoms with Crippen LogP contribution in [0.25, 0.3) is 0 Å². The molecule has 1 saturated carbocycles. The fraction of sp³-hybridized carbons (Fsp3) is 0.480. The Bertz CT molecular complexity index is 1090. The van der Waals surface area contributed by atoms with Crippen molar-refractivity contribution in [3.63, 3.8) is 0 Å². The van der Waals surface area contributed by atoms with Gasteiger partial charge >= 0.3 is 6.03 Å². The third-order valence-electron chi connectivity index (χ3n) is 7.06. The molecule has 1 aromatic carbocycles. The number of nitrogens with one attached hydrogen (secondary N) is 2. The van der Waals surface area contributed by atoms with Crippen LogP contribution in [0.1, 0.15) is 31.2 Å². The number of carbonyl (C=O) groups excluding carboxylic acids is 2. The van der Waals surface area contributed by atoms with E-state index >= 15 is 0 Å². The van der Waals surface area contributed by atoms with Gasteiger partial charge in [0.15, 0.2) is 11.6 Å². The molecule has 0 radical (unpaired) electrons. The summed E-state index contributed by atoms with van der Waals surface area (Å²) in [6, 6.07) is 7.95. The number of anilines is 2. The summed E-state index contributed by atoms with van der Waals surface area (Å²) < 4.78 is 19.4. The molecular weight excluding hydrogens is 473 g/mol. The summed E-state index contributed by atoms with van der Waals surface area (Å²) in [7, 11) is 0. The molecule has 0 spiro atoms. The number of pyridine rings is 1. The molecule has 10 heteroatoms. The molecular formula is C25H29ClFN5O3. The number of nitrogens with zero attached hydrogens (tertiary/aromatic N) is 3. The zero-order chi connectivity index (χ0) is 24.4. The first-order valence-electron chi connectivity index (χ1n) is 12.0. The van der Waals surface area contributed by atoms with Crippen LogP contribution >= 0.6 is 11.6 Å². The summed E-state index contributed by atoms with van der Waals surface area (Å²) >= 11 is 5.70. The van der Waals surface area contributed by atoms with Gasteiger partial charge in [0.1, 0.15) is 6.04 Å². The Labute approximate surface area is 208 Å². The zero-order valence-corrected chi connectivity index (χ0v) is 20.2. The zero-order valence-electron chi connectivity index (χ0n) is 19.4. The maximum Gasteiger partial charge on any atom is 0.321 e. The third-order valence-corrected chi connectivity index (χ3v) is 7.27. The Morgan fingerprint density at radius 2 is 1.94 bits per heavy atom. The van der Waals surface area contributed by atoms with Crippen molar-refractivity contribution >= 4 is 35.0 Å². The van der Waals surface area contributed by atoms with Gasteiger partial charge in [-0.05, 0) is 49.4 Å². The van der Waals surface area contributed by atoms with E-state index in [0.29, 0.717) is 13.0 Å². The van der Waals surface area contributed by atoms with E-state index in [1.165, 1.54) is 24.6 Å². The molecule has 3 amide bonds. The number of piperidine rings is 1. The summed E-state index contributed by atoms with van der Waals surface area (Å²) in [6.45, 7) is 5.18. The summed E-state index contributed by atoms with van der Waals surface area (Å²) in [5, 5.41) is 5.13. The number of carbonyl (C=O) groups is 2. The van der Waals surface area contributed by atoms with Gasteiger partial charge in [-0.1, -0.05) is 23.7 Å². The average Bonchev–Trinajstić information content (AvgIpc) is 3.63. The number of amides is 3. The molecule has 2 aromatic rings. The highest BCUT2D eigenvalue weighted by molar-refractivity contribution is 6.30. The van der Waals surface area contributed by atoms with Crippen LogP contribution in [-0.4, -0.2) is 67.3 Å². The van der Waals surface area contributed by atoms with Gasteiger partial charge < -0.3 is 15.0 Å². The van der Waals surface area contributed by atoms with Crippen molar-refractivity contribution in [2.75, 3.05) is 49.6 Å². The van der Waals surface area contributed by atoms with Gasteiger partial charge in [-0.25, -0.2) is 14.2 Å². The van der Waals surface area contributed by atoms with Gasteiger partial charge in [0.2, 0.25) is 5.91 Å². The van der Waals surface area contributed by atoms with E-state index in [9.17, 15) is 14.0 Å². The Morgan fingerprint density at radius 3 is 2.63 bits per heavy atom. The minimum absolute atomic E-state index is 0.131. The van der Waals surface area contributed by atoms with Crippen molar-refractivity contribution in [3.8, 4) is 0 Å². The number of aromatic nitrogens is 1. The summed E-state index contributed by atoms with van der Waals surface area (Å²) in [4.78, 5) is 33.5. The highest BCUT2D eigenvalue weighted by Crippen LogP contribution is 2.49. The lowest BCUT2D eigenvalue weighted by atomic mass is 9.94. The number of hydrogen-bond acceptors (Lipinski definition) is 5. The Hall–Kier alpha value is -2.75. The number of halogens is 2. The molecule has 2 N–H and O–H groups in total. The number of urea groups is 1. The quantitative estimate of drug-likeness (QED) is 0.632. The van der Waals surface area contributed by atoms with Gasteiger partial charge in [0, 0.05) is 43.5 Å². The molecule has 5 rings (SSSR count). The molecule has 2 aliphatic heterocycles. The second kappa shape index (κ2) is 10.1. The third kappa shape index (κ3) is 5.42. The van der Waals surface area contributed by atoms with Crippen LogP contribution < -0.4 is 15.5 Å². The van der Waals surface area contributed by atoms with Crippen LogP contribution in [0.2, 0.25) is 5.02 Å². The van der Waals surface area contributed by atoms with Crippen molar-refractivity contribution in [1.29, 1.82) is 0 Å². The first kappa shape index (κ1) is 24.0.